The zero-order valence-electron chi connectivity index (χ0n) is 10.9. The Morgan fingerprint density at radius 2 is 1.95 bits per heavy atom. The summed E-state index contributed by atoms with van der Waals surface area (Å²) in [7, 11) is 1.61. The van der Waals surface area contributed by atoms with Crippen LogP contribution in [0.4, 0.5) is 5.69 Å². The van der Waals surface area contributed by atoms with Crippen LogP contribution in [-0.4, -0.2) is 41.5 Å². The molecule has 1 amide bonds. The summed E-state index contributed by atoms with van der Waals surface area (Å²) in [6, 6.07) is 6.07. The van der Waals surface area contributed by atoms with E-state index in [9.17, 15) is 9.59 Å². The van der Waals surface area contributed by atoms with Gasteiger partial charge >= 0.3 is 5.97 Å². The third kappa shape index (κ3) is 4.89. The highest BCUT2D eigenvalue weighted by Gasteiger charge is 2.22. The molecule has 6 heteroatoms. The predicted molar refractivity (Wildman–Crippen MR) is 74.4 cm³/mol. The van der Waals surface area contributed by atoms with Crippen LogP contribution in [0.2, 0.25) is 5.02 Å². The Balaban J connectivity index is 2.55. The number of benzene rings is 1. The van der Waals surface area contributed by atoms with Gasteiger partial charge in [-0.15, -0.1) is 0 Å². The van der Waals surface area contributed by atoms with Gasteiger partial charge in [0.2, 0.25) is 5.91 Å². The van der Waals surface area contributed by atoms with Gasteiger partial charge in [0.25, 0.3) is 0 Å². The number of halogens is 1. The number of carbonyl (C=O) groups excluding carboxylic acids is 1. The van der Waals surface area contributed by atoms with E-state index in [0.29, 0.717) is 17.1 Å². The number of hydrogen-bond donors (Lipinski definition) is 2. The number of rotatable bonds is 6. The minimum atomic E-state index is -0.927. The molecule has 0 spiro atoms. The van der Waals surface area contributed by atoms with Gasteiger partial charge in [0.15, 0.2) is 0 Å². The third-order valence-electron chi connectivity index (χ3n) is 2.72. The molecule has 0 bridgehead atoms. The maximum Gasteiger partial charge on any atom is 0.320 e. The Morgan fingerprint density at radius 3 is 2.42 bits per heavy atom. The molecule has 2 N–H and O–H groups in total. The van der Waals surface area contributed by atoms with Crippen molar-refractivity contribution >= 4 is 29.2 Å². The normalized spacial score (nSPS) is 12.2. The molecule has 0 radical (unpaired) electrons. The number of likely N-dealkylation sites (N-methyl/N-ethyl adjacent to an activating group) is 1. The highest BCUT2D eigenvalue weighted by atomic mass is 35.5. The van der Waals surface area contributed by atoms with E-state index in [1.165, 1.54) is 4.90 Å². The van der Waals surface area contributed by atoms with Crippen LogP contribution in [0, 0.1) is 0 Å². The van der Waals surface area contributed by atoms with E-state index >= 15 is 0 Å². The second-order valence-electron chi connectivity index (χ2n) is 4.23. The van der Waals surface area contributed by atoms with Crippen LogP contribution >= 0.6 is 11.6 Å². The first-order chi connectivity index (χ1) is 8.93. The second-order valence-corrected chi connectivity index (χ2v) is 4.67. The fourth-order valence-electron chi connectivity index (χ4n) is 1.75. The van der Waals surface area contributed by atoms with Crippen molar-refractivity contribution in [3.05, 3.63) is 29.3 Å². The van der Waals surface area contributed by atoms with Crippen molar-refractivity contribution in [1.82, 2.24) is 4.90 Å². The fraction of sp³-hybridized carbons (Fsp3) is 0.385. The molecule has 0 fully saturated rings. The topological polar surface area (TPSA) is 69.6 Å². The molecule has 1 aromatic rings. The fourth-order valence-corrected chi connectivity index (χ4v) is 1.87. The highest BCUT2D eigenvalue weighted by molar-refractivity contribution is 6.30. The lowest BCUT2D eigenvalue weighted by Crippen LogP contribution is -2.42. The average molecular weight is 285 g/mol. The van der Waals surface area contributed by atoms with E-state index in [1.807, 2.05) is 0 Å². The van der Waals surface area contributed by atoms with Crippen molar-refractivity contribution in [2.75, 3.05) is 18.9 Å². The van der Waals surface area contributed by atoms with Gasteiger partial charge in [-0.3, -0.25) is 14.5 Å². The van der Waals surface area contributed by atoms with E-state index < -0.39 is 12.0 Å². The summed E-state index contributed by atoms with van der Waals surface area (Å²) in [6.07, 6.45) is 0.445. The molecule has 0 aromatic heterocycles. The first-order valence-electron chi connectivity index (χ1n) is 5.92. The van der Waals surface area contributed by atoms with Crippen LogP contribution in [0.5, 0.6) is 0 Å². The zero-order valence-corrected chi connectivity index (χ0v) is 11.6. The Labute approximate surface area is 117 Å². The standard InChI is InChI=1S/C13H17ClN2O3/c1-3-11(13(18)19)16(2)8-12(17)15-10-6-4-9(14)5-7-10/h4-7,11H,3,8H2,1-2H3,(H,15,17)(H,18,19). The summed E-state index contributed by atoms with van der Waals surface area (Å²) in [5.74, 6) is -1.19. The summed E-state index contributed by atoms with van der Waals surface area (Å²) in [6.45, 7) is 1.79. The Morgan fingerprint density at radius 1 is 1.37 bits per heavy atom. The lowest BCUT2D eigenvalue weighted by molar-refractivity contribution is -0.143. The number of hydrogen-bond acceptors (Lipinski definition) is 3. The van der Waals surface area contributed by atoms with Gasteiger partial charge in [0.1, 0.15) is 6.04 Å². The van der Waals surface area contributed by atoms with Crippen LogP contribution in [-0.2, 0) is 9.59 Å². The van der Waals surface area contributed by atoms with Crippen LogP contribution in [0.1, 0.15) is 13.3 Å². The predicted octanol–water partition coefficient (Wildman–Crippen LogP) is 2.07. The van der Waals surface area contributed by atoms with Crippen molar-refractivity contribution in [2.45, 2.75) is 19.4 Å². The summed E-state index contributed by atoms with van der Waals surface area (Å²) < 4.78 is 0. The molecule has 104 valence electrons. The number of anilines is 1. The van der Waals surface area contributed by atoms with Gasteiger partial charge in [0, 0.05) is 10.7 Å². The quantitative estimate of drug-likeness (QED) is 0.839. The van der Waals surface area contributed by atoms with Gasteiger partial charge < -0.3 is 10.4 Å². The first-order valence-corrected chi connectivity index (χ1v) is 6.30. The van der Waals surface area contributed by atoms with E-state index in [0.717, 1.165) is 0 Å². The number of carboxylic acids is 1. The van der Waals surface area contributed by atoms with Crippen LogP contribution in [0.15, 0.2) is 24.3 Å². The first kappa shape index (κ1) is 15.5. The summed E-state index contributed by atoms with van der Waals surface area (Å²) in [5.41, 5.74) is 0.631. The van der Waals surface area contributed by atoms with Gasteiger partial charge in [-0.2, -0.15) is 0 Å². The maximum absolute atomic E-state index is 11.8. The molecule has 1 atom stereocenters. The van der Waals surface area contributed by atoms with E-state index in [4.69, 9.17) is 16.7 Å². The number of amides is 1. The number of nitrogens with zero attached hydrogens (tertiary/aromatic N) is 1. The van der Waals surface area contributed by atoms with Crippen molar-refractivity contribution in [1.29, 1.82) is 0 Å². The molecule has 5 nitrogen and oxygen atoms in total. The van der Waals surface area contributed by atoms with Gasteiger partial charge in [-0.05, 0) is 37.7 Å². The Hall–Kier alpha value is -1.59. The van der Waals surface area contributed by atoms with Gasteiger partial charge in [0.05, 0.1) is 6.54 Å². The van der Waals surface area contributed by atoms with Crippen molar-refractivity contribution in [3.63, 3.8) is 0 Å². The van der Waals surface area contributed by atoms with Crippen molar-refractivity contribution < 1.29 is 14.7 Å². The summed E-state index contributed by atoms with van der Waals surface area (Å²) in [5, 5.41) is 12.3. The largest absolute Gasteiger partial charge is 0.480 e. The molecule has 0 aliphatic heterocycles. The molecule has 1 unspecified atom stereocenters. The molecule has 0 aliphatic rings. The van der Waals surface area contributed by atoms with Crippen molar-refractivity contribution in [3.8, 4) is 0 Å². The minimum Gasteiger partial charge on any atom is -0.480 e. The monoisotopic (exact) mass is 284 g/mol. The second kappa shape index (κ2) is 7.11. The molecule has 0 saturated carbocycles. The smallest absolute Gasteiger partial charge is 0.320 e. The number of nitrogens with one attached hydrogen (secondary N) is 1. The Bertz CT molecular complexity index is 448. The van der Waals surface area contributed by atoms with Gasteiger partial charge in [-0.1, -0.05) is 18.5 Å². The zero-order chi connectivity index (χ0) is 14.4. The number of carboxylic acid groups (broad SMARTS) is 1. The molecule has 19 heavy (non-hydrogen) atoms. The molecule has 1 rings (SSSR count). The minimum absolute atomic E-state index is 0.0213. The molecule has 0 heterocycles. The van der Waals surface area contributed by atoms with E-state index in [2.05, 4.69) is 5.32 Å². The highest BCUT2D eigenvalue weighted by Crippen LogP contribution is 2.13. The Kier molecular flexibility index (Phi) is 5.79. The lowest BCUT2D eigenvalue weighted by Gasteiger charge is -2.22. The maximum atomic E-state index is 11.8. The van der Waals surface area contributed by atoms with E-state index in [-0.39, 0.29) is 12.5 Å². The van der Waals surface area contributed by atoms with E-state index in [1.54, 1.807) is 38.2 Å². The molecule has 0 aliphatic carbocycles. The molecular formula is C13H17ClN2O3. The molecule has 1 aromatic carbocycles. The summed E-state index contributed by atoms with van der Waals surface area (Å²) in [4.78, 5) is 24.2. The summed E-state index contributed by atoms with van der Waals surface area (Å²) >= 11 is 5.74. The number of aliphatic carboxylic acids is 1. The van der Waals surface area contributed by atoms with Crippen LogP contribution < -0.4 is 5.32 Å². The molecule has 0 saturated heterocycles. The van der Waals surface area contributed by atoms with Gasteiger partial charge in [-0.25, -0.2) is 0 Å². The average Bonchev–Trinajstić information content (AvgIpc) is 2.32. The van der Waals surface area contributed by atoms with Crippen LogP contribution in [0.3, 0.4) is 0 Å². The van der Waals surface area contributed by atoms with Crippen molar-refractivity contribution in [2.24, 2.45) is 0 Å². The lowest BCUT2D eigenvalue weighted by atomic mass is 10.2. The number of carbonyl (C=O) groups is 2. The van der Waals surface area contributed by atoms with Crippen LogP contribution in [0.25, 0.3) is 0 Å². The third-order valence-corrected chi connectivity index (χ3v) is 2.98. The SMILES string of the molecule is CCC(C(=O)O)N(C)CC(=O)Nc1ccc(Cl)cc1. The molecular weight excluding hydrogens is 268 g/mol.